The van der Waals surface area contributed by atoms with Gasteiger partial charge in [0.15, 0.2) is 17.6 Å². The number of aromatic nitrogens is 2. The molecule has 6 heteroatoms. The van der Waals surface area contributed by atoms with Crippen LogP contribution in [0.2, 0.25) is 0 Å². The second-order valence-electron chi connectivity index (χ2n) is 10.3. The van der Waals surface area contributed by atoms with Crippen LogP contribution in [0.5, 0.6) is 11.5 Å². The van der Waals surface area contributed by atoms with E-state index in [1.165, 1.54) is 27.8 Å². The summed E-state index contributed by atoms with van der Waals surface area (Å²) in [7, 11) is 0. The number of imidazole rings is 1. The lowest BCUT2D eigenvalue weighted by atomic mass is 9.99. The number of rotatable bonds is 5. The first-order valence-electron chi connectivity index (χ1n) is 13.0. The molecule has 0 unspecified atom stereocenters. The summed E-state index contributed by atoms with van der Waals surface area (Å²) in [6.07, 6.45) is 3.92. The number of halogens is 1. The molecule has 0 spiro atoms. The van der Waals surface area contributed by atoms with Crippen molar-refractivity contribution in [3.8, 4) is 11.5 Å². The Labute approximate surface area is 232 Å². The predicted molar refractivity (Wildman–Crippen MR) is 144 cm³/mol. The van der Waals surface area contributed by atoms with Crippen LogP contribution in [0.15, 0.2) is 67.0 Å². The Morgan fingerprint density at radius 3 is 2.58 bits per heavy atom. The highest BCUT2D eigenvalue weighted by molar-refractivity contribution is 6.00. The fourth-order valence-electron chi connectivity index (χ4n) is 5.82. The molecule has 2 aliphatic heterocycles. The molecule has 3 heterocycles. The van der Waals surface area contributed by atoms with Crippen LogP contribution in [-0.4, -0.2) is 23.6 Å². The molecule has 192 valence electrons. The molecule has 0 amide bonds. The van der Waals surface area contributed by atoms with Crippen molar-refractivity contribution in [2.24, 2.45) is 0 Å². The van der Waals surface area contributed by atoms with Crippen molar-refractivity contribution in [1.29, 1.82) is 0 Å². The molecular weight excluding hydrogens is 540 g/mol. The third-order valence-electron chi connectivity index (χ3n) is 7.96. The van der Waals surface area contributed by atoms with Crippen molar-refractivity contribution in [1.82, 2.24) is 4.57 Å². The van der Waals surface area contributed by atoms with Crippen LogP contribution < -0.4 is 31.0 Å². The molecule has 2 aliphatic rings. The summed E-state index contributed by atoms with van der Waals surface area (Å²) in [4.78, 5) is 13.5. The number of benzene rings is 4. The lowest BCUT2D eigenvalue weighted by Gasteiger charge is -2.11. The number of nitrogens with zero attached hydrogens (tertiary/aromatic N) is 2. The van der Waals surface area contributed by atoms with Gasteiger partial charge in [-0.25, -0.2) is 9.13 Å². The normalized spacial score (nSPS) is 13.6. The van der Waals surface area contributed by atoms with Gasteiger partial charge in [-0.05, 0) is 60.0 Å². The number of fused-ring (bicyclic) bond motifs is 4. The number of carbonyl (C=O) groups is 1. The second-order valence-corrected chi connectivity index (χ2v) is 10.3. The Morgan fingerprint density at radius 1 is 0.921 bits per heavy atom. The fourth-order valence-corrected chi connectivity index (χ4v) is 5.82. The summed E-state index contributed by atoms with van der Waals surface area (Å²) in [5.74, 6) is 2.13. The number of hydrogen-bond acceptors (Lipinski definition) is 3. The Bertz CT molecular complexity index is 1700. The van der Waals surface area contributed by atoms with Gasteiger partial charge < -0.3 is 26.5 Å². The van der Waals surface area contributed by atoms with Crippen molar-refractivity contribution >= 4 is 27.6 Å². The predicted octanol–water partition coefficient (Wildman–Crippen LogP) is 2.50. The molecule has 4 aromatic carbocycles. The van der Waals surface area contributed by atoms with Gasteiger partial charge in [-0.3, -0.25) is 4.79 Å². The summed E-state index contributed by atoms with van der Waals surface area (Å²) in [5, 5.41) is 2.23. The van der Waals surface area contributed by atoms with Gasteiger partial charge in [0.25, 0.3) is 0 Å². The topological polar surface area (TPSA) is 44.3 Å². The fraction of sp³-hybridized carbons (Fsp3) is 0.250. The monoisotopic (exact) mass is 568 g/mol. The summed E-state index contributed by atoms with van der Waals surface area (Å²) in [5.41, 5.74) is 9.09. The van der Waals surface area contributed by atoms with Crippen LogP contribution in [0.3, 0.4) is 0 Å². The number of Topliss-reactive ketones (excluding diaryl/α,β-unsaturated/α-hetero) is 1. The first kappa shape index (κ1) is 24.7. The minimum absolute atomic E-state index is 0. The van der Waals surface area contributed by atoms with Crippen LogP contribution in [-0.2, 0) is 25.9 Å². The molecule has 0 N–H and O–H groups in total. The number of aryl methyl sites for hydroxylation is 2. The van der Waals surface area contributed by atoms with Crippen LogP contribution in [0.4, 0.5) is 0 Å². The molecule has 5 nitrogen and oxygen atoms in total. The van der Waals surface area contributed by atoms with E-state index in [0.717, 1.165) is 64.9 Å². The Kier molecular flexibility index (Phi) is 6.23. The Morgan fingerprint density at radius 2 is 1.71 bits per heavy atom. The van der Waals surface area contributed by atoms with Crippen molar-refractivity contribution in [3.63, 3.8) is 0 Å². The molecule has 0 bridgehead atoms. The third-order valence-corrected chi connectivity index (χ3v) is 7.96. The second kappa shape index (κ2) is 9.59. The maximum Gasteiger partial charge on any atom is 0.245 e. The molecule has 0 saturated carbocycles. The maximum atomic E-state index is 13.5. The van der Waals surface area contributed by atoms with Crippen LogP contribution in [0.1, 0.15) is 38.2 Å². The van der Waals surface area contributed by atoms with Crippen molar-refractivity contribution in [2.45, 2.75) is 39.8 Å². The smallest absolute Gasteiger partial charge is 0.245 e. The van der Waals surface area contributed by atoms with Crippen LogP contribution in [0.25, 0.3) is 21.8 Å². The molecule has 0 radical (unpaired) electrons. The van der Waals surface area contributed by atoms with Gasteiger partial charge in [-0.15, -0.1) is 0 Å². The molecular formula is C32H29BrN2O3. The number of ether oxygens (including phenoxy) is 2. The molecule has 0 fully saturated rings. The van der Waals surface area contributed by atoms with Gasteiger partial charge in [-0.1, -0.05) is 36.4 Å². The minimum Gasteiger partial charge on any atom is -1.00 e. The van der Waals surface area contributed by atoms with E-state index in [2.05, 4.69) is 59.6 Å². The molecule has 0 atom stereocenters. The van der Waals surface area contributed by atoms with E-state index >= 15 is 0 Å². The largest absolute Gasteiger partial charge is 1.00 e. The quantitative estimate of drug-likeness (QED) is 0.242. The molecule has 38 heavy (non-hydrogen) atoms. The van der Waals surface area contributed by atoms with Crippen molar-refractivity contribution in [3.05, 3.63) is 100 Å². The highest BCUT2D eigenvalue weighted by Crippen LogP contribution is 2.40. The summed E-state index contributed by atoms with van der Waals surface area (Å²) in [6, 6.07) is 20.7. The van der Waals surface area contributed by atoms with Crippen LogP contribution >= 0.6 is 0 Å². The van der Waals surface area contributed by atoms with E-state index < -0.39 is 0 Å². The van der Waals surface area contributed by atoms with E-state index in [1.807, 2.05) is 30.3 Å². The van der Waals surface area contributed by atoms with E-state index in [9.17, 15) is 4.79 Å². The first-order chi connectivity index (χ1) is 18.0. The van der Waals surface area contributed by atoms with E-state index in [-0.39, 0.29) is 29.3 Å². The zero-order valence-corrected chi connectivity index (χ0v) is 23.2. The molecule has 0 aliphatic carbocycles. The average molecular weight is 569 g/mol. The highest BCUT2D eigenvalue weighted by atomic mass is 79.9. The van der Waals surface area contributed by atoms with E-state index in [0.29, 0.717) is 6.54 Å². The van der Waals surface area contributed by atoms with Crippen molar-refractivity contribution in [2.75, 3.05) is 13.2 Å². The van der Waals surface area contributed by atoms with Gasteiger partial charge in [0.2, 0.25) is 12.1 Å². The van der Waals surface area contributed by atoms with E-state index in [4.69, 9.17) is 9.47 Å². The highest BCUT2D eigenvalue weighted by Gasteiger charge is 2.29. The third kappa shape index (κ3) is 4.08. The number of ketones is 1. The summed E-state index contributed by atoms with van der Waals surface area (Å²) >= 11 is 0. The number of carbonyl (C=O) groups excluding carboxylic acids is 1. The Hall–Kier alpha value is -3.64. The minimum atomic E-state index is 0. The lowest BCUT2D eigenvalue weighted by Crippen LogP contribution is -3.00. The molecule has 7 rings (SSSR count). The first-order valence-corrected chi connectivity index (χ1v) is 13.0. The zero-order valence-electron chi connectivity index (χ0n) is 21.6. The van der Waals surface area contributed by atoms with Gasteiger partial charge in [0.05, 0.1) is 13.2 Å². The average Bonchev–Trinajstić information content (AvgIpc) is 3.64. The molecule has 5 aromatic rings. The Balaban J connectivity index is 0.00000264. The zero-order chi connectivity index (χ0) is 25.1. The number of hydrogen-bond donors (Lipinski definition) is 0. The summed E-state index contributed by atoms with van der Waals surface area (Å²) < 4.78 is 16.4. The van der Waals surface area contributed by atoms with Gasteiger partial charge in [-0.2, -0.15) is 0 Å². The van der Waals surface area contributed by atoms with E-state index in [1.54, 1.807) is 0 Å². The van der Waals surface area contributed by atoms with Gasteiger partial charge >= 0.3 is 0 Å². The van der Waals surface area contributed by atoms with Crippen LogP contribution in [0, 0.1) is 13.8 Å². The van der Waals surface area contributed by atoms with Crippen molar-refractivity contribution < 1.29 is 35.8 Å². The molecule has 0 saturated heterocycles. The van der Waals surface area contributed by atoms with Gasteiger partial charge in [0.1, 0.15) is 18.0 Å². The molecule has 1 aromatic heterocycles. The maximum absolute atomic E-state index is 13.5. The standard InChI is InChI=1S/C32H29N2O3.BrH/c1-20-13-28-29(14-21(20)2)34(18-30(35)24-8-7-22-5-3-4-6-23(22)15-24)19-33(28)17-27-26-10-12-36-31(26)16-25-9-11-37-32(25)27;/h3-8,13-16,19H,9-12,17-18H2,1-2H3;1H/q+1;/p-1. The SMILES string of the molecule is Cc1cc2c(cc1C)[n+](Cc1c3c(cc4c1OCC4)OCC3)cn2CC(=O)c1ccc2ccccc2c1.[Br-]. The summed E-state index contributed by atoms with van der Waals surface area (Å²) in [6.45, 7) is 6.68. The van der Waals surface area contributed by atoms with Gasteiger partial charge in [0, 0.05) is 35.1 Å². The lowest BCUT2D eigenvalue weighted by molar-refractivity contribution is -0.663.